The lowest BCUT2D eigenvalue weighted by Gasteiger charge is -2.02. The van der Waals surface area contributed by atoms with E-state index in [0.29, 0.717) is 13.0 Å². The summed E-state index contributed by atoms with van der Waals surface area (Å²) in [6, 6.07) is 1.99. The minimum absolute atomic E-state index is 0.0151. The van der Waals surface area contributed by atoms with E-state index in [0.717, 1.165) is 30.6 Å². The molecule has 0 fully saturated rings. The van der Waals surface area contributed by atoms with E-state index < -0.39 is 5.97 Å². The highest BCUT2D eigenvalue weighted by Crippen LogP contribution is 2.22. The van der Waals surface area contributed by atoms with E-state index in [1.807, 2.05) is 6.07 Å². The van der Waals surface area contributed by atoms with Crippen LogP contribution in [0.25, 0.3) is 0 Å². The zero-order valence-electron chi connectivity index (χ0n) is 12.2. The molecule has 0 spiro atoms. The summed E-state index contributed by atoms with van der Waals surface area (Å²) in [5.41, 5.74) is 1.27. The number of thiophene rings is 1. The summed E-state index contributed by atoms with van der Waals surface area (Å²) in [6.07, 6.45) is 4.64. The van der Waals surface area contributed by atoms with Gasteiger partial charge in [0.2, 0.25) is 0 Å². The van der Waals surface area contributed by atoms with Crippen LogP contribution in [-0.4, -0.2) is 23.5 Å². The molecule has 0 radical (unpaired) electrons. The highest BCUT2D eigenvalue weighted by atomic mass is 32.1. The fraction of sp³-hybridized carbons (Fsp3) is 0.600. The molecule has 1 aromatic rings. The molecule has 1 amide bonds. The monoisotopic (exact) mass is 297 g/mol. The number of carboxylic acid groups (broad SMARTS) is 1. The largest absolute Gasteiger partial charge is 0.481 e. The first-order valence-electron chi connectivity index (χ1n) is 7.14. The molecule has 0 saturated heterocycles. The van der Waals surface area contributed by atoms with Crippen molar-refractivity contribution < 1.29 is 14.7 Å². The maximum absolute atomic E-state index is 12.0. The maximum Gasteiger partial charge on any atom is 0.303 e. The number of carbonyl (C=O) groups excluding carboxylic acids is 1. The van der Waals surface area contributed by atoms with Crippen LogP contribution in [-0.2, 0) is 11.2 Å². The Morgan fingerprint density at radius 1 is 1.30 bits per heavy atom. The minimum atomic E-state index is -0.758. The lowest BCUT2D eigenvalue weighted by Crippen LogP contribution is -2.23. The lowest BCUT2D eigenvalue weighted by molar-refractivity contribution is -0.137. The quantitative estimate of drug-likeness (QED) is 0.687. The van der Waals surface area contributed by atoms with Gasteiger partial charge in [-0.25, -0.2) is 0 Å². The van der Waals surface area contributed by atoms with E-state index >= 15 is 0 Å². The van der Waals surface area contributed by atoms with Crippen LogP contribution in [0.15, 0.2) is 6.07 Å². The Morgan fingerprint density at radius 2 is 2.05 bits per heavy atom. The van der Waals surface area contributed by atoms with Crippen LogP contribution in [0.3, 0.4) is 0 Å². The van der Waals surface area contributed by atoms with Crippen LogP contribution >= 0.6 is 11.3 Å². The molecule has 0 saturated carbocycles. The zero-order valence-corrected chi connectivity index (χ0v) is 13.0. The topological polar surface area (TPSA) is 66.4 Å². The number of aryl methyl sites for hydroxylation is 2. The summed E-state index contributed by atoms with van der Waals surface area (Å²) in [5.74, 6) is -0.773. The number of rotatable bonds is 9. The van der Waals surface area contributed by atoms with Gasteiger partial charge in [-0.15, -0.1) is 11.3 Å². The second-order valence-corrected chi connectivity index (χ2v) is 6.16. The van der Waals surface area contributed by atoms with Gasteiger partial charge in [0.15, 0.2) is 0 Å². The molecule has 2 N–H and O–H groups in total. The zero-order chi connectivity index (χ0) is 15.0. The summed E-state index contributed by atoms with van der Waals surface area (Å²) in [4.78, 5) is 24.3. The second kappa shape index (κ2) is 8.74. The van der Waals surface area contributed by atoms with E-state index in [1.54, 1.807) is 11.3 Å². The van der Waals surface area contributed by atoms with Crippen LogP contribution in [0.2, 0.25) is 0 Å². The highest BCUT2D eigenvalue weighted by Gasteiger charge is 2.11. The van der Waals surface area contributed by atoms with Gasteiger partial charge in [-0.2, -0.15) is 0 Å². The molecule has 112 valence electrons. The van der Waals surface area contributed by atoms with Gasteiger partial charge in [-0.1, -0.05) is 19.8 Å². The van der Waals surface area contributed by atoms with Crippen molar-refractivity contribution in [3.63, 3.8) is 0 Å². The van der Waals surface area contributed by atoms with Gasteiger partial charge in [0.1, 0.15) is 0 Å². The van der Waals surface area contributed by atoms with E-state index in [2.05, 4.69) is 19.2 Å². The molecule has 4 nitrogen and oxygen atoms in total. The van der Waals surface area contributed by atoms with Crippen molar-refractivity contribution in [2.75, 3.05) is 6.54 Å². The molecular formula is C15H23NO3S. The van der Waals surface area contributed by atoms with Gasteiger partial charge >= 0.3 is 5.97 Å². The molecule has 1 aromatic heterocycles. The van der Waals surface area contributed by atoms with Gasteiger partial charge in [-0.3, -0.25) is 9.59 Å². The average molecular weight is 297 g/mol. The summed E-state index contributed by atoms with van der Waals surface area (Å²) in [5, 5.41) is 11.4. The number of carboxylic acids is 1. The van der Waals surface area contributed by atoms with Gasteiger partial charge in [0.25, 0.3) is 5.91 Å². The number of hydrogen-bond acceptors (Lipinski definition) is 3. The smallest absolute Gasteiger partial charge is 0.303 e. The fourth-order valence-corrected chi connectivity index (χ4v) is 3.00. The Labute approximate surface area is 124 Å². The molecule has 5 heteroatoms. The predicted octanol–water partition coefficient (Wildman–Crippen LogP) is 3.38. The van der Waals surface area contributed by atoms with Crippen molar-refractivity contribution in [1.82, 2.24) is 5.32 Å². The van der Waals surface area contributed by atoms with Crippen LogP contribution < -0.4 is 5.32 Å². The molecule has 0 aliphatic heterocycles. The third-order valence-corrected chi connectivity index (χ3v) is 4.21. The first kappa shape index (κ1) is 16.7. The van der Waals surface area contributed by atoms with Gasteiger partial charge in [-0.05, 0) is 37.8 Å². The van der Waals surface area contributed by atoms with Crippen molar-refractivity contribution in [1.29, 1.82) is 0 Å². The van der Waals surface area contributed by atoms with Gasteiger partial charge < -0.3 is 10.4 Å². The minimum Gasteiger partial charge on any atom is -0.481 e. The number of amides is 1. The Bertz CT molecular complexity index is 454. The Balaban J connectivity index is 2.29. The van der Waals surface area contributed by atoms with E-state index in [4.69, 9.17) is 5.11 Å². The Morgan fingerprint density at radius 3 is 2.70 bits per heavy atom. The molecule has 0 aliphatic carbocycles. The average Bonchev–Trinajstić information content (AvgIpc) is 2.75. The van der Waals surface area contributed by atoms with Gasteiger partial charge in [0, 0.05) is 17.8 Å². The molecule has 0 aromatic carbocycles. The summed E-state index contributed by atoms with van der Waals surface area (Å²) < 4.78 is 0. The molecule has 0 bridgehead atoms. The van der Waals surface area contributed by atoms with Crippen LogP contribution in [0.5, 0.6) is 0 Å². The highest BCUT2D eigenvalue weighted by molar-refractivity contribution is 7.14. The third-order valence-electron chi connectivity index (χ3n) is 3.12. The Hall–Kier alpha value is -1.36. The molecule has 1 rings (SSSR count). The fourth-order valence-electron chi connectivity index (χ4n) is 2.02. The number of unbranched alkanes of at least 4 members (excludes halogenated alkanes) is 2. The van der Waals surface area contributed by atoms with Crippen molar-refractivity contribution in [3.05, 3.63) is 21.4 Å². The first-order valence-corrected chi connectivity index (χ1v) is 7.95. The third kappa shape index (κ3) is 5.74. The molecule has 0 unspecified atom stereocenters. The van der Waals surface area contributed by atoms with E-state index in [1.165, 1.54) is 10.4 Å². The first-order chi connectivity index (χ1) is 9.54. The SMILES string of the molecule is CCCc1cc(C(=O)NCCCCCC(=O)O)sc1C. The standard InChI is InChI=1S/C15H23NO3S/c1-3-7-12-10-13(20-11(12)2)15(19)16-9-6-4-5-8-14(17)18/h10H,3-9H2,1-2H3,(H,16,19)(H,17,18). The van der Waals surface area contributed by atoms with Crippen LogP contribution in [0.1, 0.15) is 59.1 Å². The Kier molecular flexibility index (Phi) is 7.30. The van der Waals surface area contributed by atoms with Crippen molar-refractivity contribution in [3.8, 4) is 0 Å². The maximum atomic E-state index is 12.0. The number of nitrogens with one attached hydrogen (secondary N) is 1. The molecular weight excluding hydrogens is 274 g/mol. The van der Waals surface area contributed by atoms with Crippen molar-refractivity contribution in [2.24, 2.45) is 0 Å². The summed E-state index contributed by atoms with van der Waals surface area (Å²) in [6.45, 7) is 4.80. The van der Waals surface area contributed by atoms with Crippen LogP contribution in [0.4, 0.5) is 0 Å². The lowest BCUT2D eigenvalue weighted by atomic mass is 10.1. The normalized spacial score (nSPS) is 10.5. The number of aliphatic carboxylic acids is 1. The summed E-state index contributed by atoms with van der Waals surface area (Å²) >= 11 is 1.54. The van der Waals surface area contributed by atoms with E-state index in [-0.39, 0.29) is 12.3 Å². The predicted molar refractivity (Wildman–Crippen MR) is 81.5 cm³/mol. The van der Waals surface area contributed by atoms with Gasteiger partial charge in [0.05, 0.1) is 4.88 Å². The number of hydrogen-bond donors (Lipinski definition) is 2. The molecule has 0 atom stereocenters. The second-order valence-electron chi connectivity index (χ2n) is 4.90. The van der Waals surface area contributed by atoms with Crippen molar-refractivity contribution in [2.45, 2.75) is 52.4 Å². The molecule has 1 heterocycles. The molecule has 0 aliphatic rings. The van der Waals surface area contributed by atoms with Crippen molar-refractivity contribution >= 4 is 23.2 Å². The summed E-state index contributed by atoms with van der Waals surface area (Å²) in [7, 11) is 0. The van der Waals surface area contributed by atoms with E-state index in [9.17, 15) is 9.59 Å². The van der Waals surface area contributed by atoms with Crippen LogP contribution in [0, 0.1) is 6.92 Å². The number of carbonyl (C=O) groups is 2. The molecule has 20 heavy (non-hydrogen) atoms.